The van der Waals surface area contributed by atoms with Crippen molar-refractivity contribution in [2.45, 2.75) is 19.6 Å². The molecule has 0 fully saturated rings. The minimum Gasteiger partial charge on any atom is -0.504 e. The number of phenolic OH excluding ortho intramolecular Hbond substituents is 2. The highest BCUT2D eigenvalue weighted by Crippen LogP contribution is 2.39. The number of hydrogen-bond donors (Lipinski definition) is 4. The molecule has 2 heterocycles. The Hall–Kier alpha value is -4.68. The summed E-state index contributed by atoms with van der Waals surface area (Å²) >= 11 is 3.00. The van der Waals surface area contributed by atoms with Crippen molar-refractivity contribution >= 4 is 46.7 Å². The first-order valence-electron chi connectivity index (χ1n) is 12.5. The molecule has 0 spiro atoms. The maximum atomic E-state index is 11.3. The van der Waals surface area contributed by atoms with E-state index in [4.69, 9.17) is 18.9 Å². The number of phenols is 2. The van der Waals surface area contributed by atoms with Gasteiger partial charge in [0.2, 0.25) is 0 Å². The molecular formula is C30H26N2O8S2. The van der Waals surface area contributed by atoms with Crippen molar-refractivity contribution in [2.75, 3.05) is 38.1 Å². The molecule has 4 aromatic carbocycles. The van der Waals surface area contributed by atoms with Crippen molar-refractivity contribution in [3.63, 3.8) is 0 Å². The van der Waals surface area contributed by atoms with Crippen LogP contribution in [0.2, 0.25) is 0 Å². The molecule has 0 saturated carbocycles. The van der Waals surface area contributed by atoms with Gasteiger partial charge in [-0.15, -0.1) is 0 Å². The van der Waals surface area contributed by atoms with Gasteiger partial charge in [-0.05, 0) is 72.8 Å². The van der Waals surface area contributed by atoms with Gasteiger partial charge in [-0.3, -0.25) is 9.59 Å². The lowest BCUT2D eigenvalue weighted by Gasteiger charge is -2.18. The number of ether oxygens (including phenoxy) is 4. The summed E-state index contributed by atoms with van der Waals surface area (Å²) < 4.78 is 21.3. The fraction of sp³-hybridized carbons (Fsp3) is 0.133. The van der Waals surface area contributed by atoms with Crippen LogP contribution in [0.4, 0.5) is 11.4 Å². The van der Waals surface area contributed by atoms with Crippen LogP contribution in [0, 0.1) is 0 Å². The first kappa shape index (κ1) is 28.8. The zero-order chi connectivity index (χ0) is 29.6. The molecule has 4 aromatic rings. The number of carbonyl (C=O) groups is 2. The standard InChI is InChI=1S/C16H15NO4S.C14H11NO4S/c1-19-13-6-4-11(8-15(13)20-2)22-10-3-5-12-14(7-10)21-9-16(18)17-12;16-11-4-2-8(5-12(11)17)20-9-1-3-10-13(6-9)19-7-14(18)15-10/h3-8H,9H2,1-2H3,(H,17,18);1-6,16-17H,7H2,(H,15,18). The van der Waals surface area contributed by atoms with Gasteiger partial charge in [0.25, 0.3) is 11.8 Å². The molecule has 216 valence electrons. The van der Waals surface area contributed by atoms with E-state index < -0.39 is 0 Å². The minimum absolute atomic E-state index is 0.0150. The van der Waals surface area contributed by atoms with Crippen LogP contribution in [0.15, 0.2) is 92.4 Å². The molecule has 42 heavy (non-hydrogen) atoms. The van der Waals surface area contributed by atoms with E-state index in [9.17, 15) is 19.8 Å². The Kier molecular flexibility index (Phi) is 8.84. The number of hydrogen-bond acceptors (Lipinski definition) is 10. The van der Waals surface area contributed by atoms with E-state index in [0.717, 1.165) is 19.6 Å². The predicted molar refractivity (Wildman–Crippen MR) is 159 cm³/mol. The van der Waals surface area contributed by atoms with Crippen LogP contribution in [0.1, 0.15) is 0 Å². The van der Waals surface area contributed by atoms with Crippen LogP contribution in [-0.4, -0.2) is 49.5 Å². The molecule has 0 radical (unpaired) electrons. The summed E-state index contributed by atoms with van der Waals surface area (Å²) in [6, 6.07) is 21.5. The number of methoxy groups -OCH3 is 2. The Morgan fingerprint density at radius 2 is 1.10 bits per heavy atom. The lowest BCUT2D eigenvalue weighted by atomic mass is 10.2. The number of aromatic hydroxyl groups is 2. The number of amides is 2. The average molecular weight is 607 g/mol. The van der Waals surface area contributed by atoms with Crippen LogP contribution >= 0.6 is 23.5 Å². The normalized spacial score (nSPS) is 13.1. The second kappa shape index (κ2) is 12.9. The monoisotopic (exact) mass is 606 g/mol. The number of nitrogens with one attached hydrogen (secondary N) is 2. The number of anilines is 2. The fourth-order valence-corrected chi connectivity index (χ4v) is 5.71. The number of carbonyl (C=O) groups excluding carboxylic acids is 2. The molecule has 0 unspecified atom stereocenters. The van der Waals surface area contributed by atoms with Crippen molar-refractivity contribution in [3.8, 4) is 34.5 Å². The van der Waals surface area contributed by atoms with Gasteiger partial charge < -0.3 is 39.8 Å². The largest absolute Gasteiger partial charge is 0.504 e. The van der Waals surface area contributed by atoms with E-state index in [0.29, 0.717) is 34.4 Å². The molecule has 0 saturated heterocycles. The molecule has 2 aliphatic heterocycles. The van der Waals surface area contributed by atoms with E-state index in [1.165, 1.54) is 23.9 Å². The minimum atomic E-state index is -0.165. The molecule has 6 rings (SSSR count). The Labute approximate surface area is 249 Å². The lowest BCUT2D eigenvalue weighted by molar-refractivity contribution is -0.119. The maximum absolute atomic E-state index is 11.3. The average Bonchev–Trinajstić information content (AvgIpc) is 2.99. The molecule has 4 N–H and O–H groups in total. The van der Waals surface area contributed by atoms with Gasteiger partial charge >= 0.3 is 0 Å². The molecule has 2 amide bonds. The Bertz CT molecular complexity index is 1650. The van der Waals surface area contributed by atoms with Crippen LogP contribution in [0.25, 0.3) is 0 Å². The van der Waals surface area contributed by atoms with Gasteiger partial charge in [-0.2, -0.15) is 0 Å². The fourth-order valence-electron chi connectivity index (χ4n) is 3.96. The van der Waals surface area contributed by atoms with E-state index >= 15 is 0 Å². The molecule has 10 nitrogen and oxygen atoms in total. The van der Waals surface area contributed by atoms with E-state index in [-0.39, 0.29) is 36.5 Å². The molecular weight excluding hydrogens is 580 g/mol. The van der Waals surface area contributed by atoms with Crippen molar-refractivity contribution in [2.24, 2.45) is 0 Å². The smallest absolute Gasteiger partial charge is 0.262 e. The predicted octanol–water partition coefficient (Wildman–Crippen LogP) is 5.77. The number of benzene rings is 4. The SMILES string of the molecule is COc1ccc(Sc2ccc3c(c2)OCC(=O)N3)cc1OC.O=C1COc2cc(Sc3ccc(O)c(O)c3)ccc2N1. The second-order valence-corrected chi connectivity index (χ2v) is 11.2. The molecule has 2 aliphatic rings. The quantitative estimate of drug-likeness (QED) is 0.201. The third-order valence-corrected chi connectivity index (χ3v) is 7.90. The number of fused-ring (bicyclic) bond motifs is 2. The summed E-state index contributed by atoms with van der Waals surface area (Å²) in [7, 11) is 3.22. The third kappa shape index (κ3) is 6.96. The first-order chi connectivity index (χ1) is 20.3. The van der Waals surface area contributed by atoms with Crippen molar-refractivity contribution in [1.82, 2.24) is 0 Å². The highest BCUT2D eigenvalue weighted by atomic mass is 32.2. The van der Waals surface area contributed by atoms with Gasteiger partial charge in [0.1, 0.15) is 11.5 Å². The summed E-state index contributed by atoms with van der Waals surface area (Å²) in [5.41, 5.74) is 1.35. The van der Waals surface area contributed by atoms with Gasteiger partial charge in [0.15, 0.2) is 36.2 Å². The summed E-state index contributed by atoms with van der Waals surface area (Å²) in [4.78, 5) is 26.2. The highest BCUT2D eigenvalue weighted by Gasteiger charge is 2.17. The maximum Gasteiger partial charge on any atom is 0.262 e. The van der Waals surface area contributed by atoms with Gasteiger partial charge in [0.05, 0.1) is 25.6 Å². The van der Waals surface area contributed by atoms with Crippen LogP contribution in [0.5, 0.6) is 34.5 Å². The lowest BCUT2D eigenvalue weighted by Crippen LogP contribution is -2.25. The molecule has 12 heteroatoms. The molecule has 0 bridgehead atoms. The summed E-state index contributed by atoms with van der Waals surface area (Å²) in [5.74, 6) is 2.09. The van der Waals surface area contributed by atoms with Crippen LogP contribution in [0.3, 0.4) is 0 Å². The van der Waals surface area contributed by atoms with Crippen molar-refractivity contribution in [3.05, 3.63) is 72.8 Å². The van der Waals surface area contributed by atoms with Crippen LogP contribution in [-0.2, 0) is 9.59 Å². The Balaban J connectivity index is 0.000000169. The second-order valence-electron chi connectivity index (χ2n) is 8.86. The Morgan fingerprint density at radius 1 is 0.619 bits per heavy atom. The van der Waals surface area contributed by atoms with Gasteiger partial charge in [-0.1, -0.05) is 23.5 Å². The molecule has 0 atom stereocenters. The Morgan fingerprint density at radius 3 is 1.62 bits per heavy atom. The van der Waals surface area contributed by atoms with Crippen molar-refractivity contribution in [1.29, 1.82) is 0 Å². The van der Waals surface area contributed by atoms with Gasteiger partial charge in [-0.25, -0.2) is 0 Å². The third-order valence-electron chi connectivity index (χ3n) is 5.95. The van der Waals surface area contributed by atoms with E-state index in [1.54, 1.807) is 38.1 Å². The zero-order valence-corrected chi connectivity index (χ0v) is 24.1. The van der Waals surface area contributed by atoms with Gasteiger partial charge in [0, 0.05) is 19.6 Å². The van der Waals surface area contributed by atoms with E-state index in [2.05, 4.69) is 10.6 Å². The molecule has 0 aromatic heterocycles. The first-order valence-corrected chi connectivity index (χ1v) is 14.2. The highest BCUT2D eigenvalue weighted by molar-refractivity contribution is 7.99. The van der Waals surface area contributed by atoms with E-state index in [1.807, 2.05) is 48.5 Å². The summed E-state index contributed by atoms with van der Waals surface area (Å²) in [6.45, 7) is 0.0681. The van der Waals surface area contributed by atoms with Crippen LogP contribution < -0.4 is 29.6 Å². The zero-order valence-electron chi connectivity index (χ0n) is 22.5. The number of rotatable bonds is 6. The summed E-state index contributed by atoms with van der Waals surface area (Å²) in [6.07, 6.45) is 0. The molecule has 0 aliphatic carbocycles. The summed E-state index contributed by atoms with van der Waals surface area (Å²) in [5, 5.41) is 24.2. The van der Waals surface area contributed by atoms with Crippen molar-refractivity contribution < 1.29 is 38.7 Å². The topological polar surface area (TPSA) is 136 Å².